The van der Waals surface area contributed by atoms with E-state index in [0.717, 1.165) is 4.57 Å². The van der Waals surface area contributed by atoms with Crippen LogP contribution in [0, 0.1) is 0 Å². The Hall–Kier alpha value is -2.09. The minimum atomic E-state index is -4.02. The highest BCUT2D eigenvalue weighted by atomic mass is 35.5. The summed E-state index contributed by atoms with van der Waals surface area (Å²) < 4.78 is 27.5. The van der Waals surface area contributed by atoms with Gasteiger partial charge in [-0.25, -0.2) is 22.9 Å². The summed E-state index contributed by atoms with van der Waals surface area (Å²) in [6.07, 6.45) is 2.83. The second kappa shape index (κ2) is 5.84. The normalized spacial score (nSPS) is 11.6. The van der Waals surface area contributed by atoms with Crippen molar-refractivity contribution >= 4 is 50.3 Å². The summed E-state index contributed by atoms with van der Waals surface area (Å²) in [5.74, 6) is 0. The van der Waals surface area contributed by atoms with Crippen LogP contribution in [0.3, 0.4) is 0 Å². The Morgan fingerprint density at radius 2 is 1.78 bits per heavy atom. The number of benzene rings is 1. The molecule has 0 radical (unpaired) electrons. The van der Waals surface area contributed by atoms with Gasteiger partial charge in [-0.15, -0.1) is 0 Å². The SMILES string of the molecule is O=C(NS(=O)(=O)c1ccc(Cl)cc1)n1ccc2c(Cl)ccnc21. The Bertz CT molecular complexity index is 998. The van der Waals surface area contributed by atoms with Gasteiger partial charge >= 0.3 is 6.03 Å². The van der Waals surface area contributed by atoms with E-state index in [1.165, 1.54) is 36.7 Å². The zero-order chi connectivity index (χ0) is 16.6. The van der Waals surface area contributed by atoms with Gasteiger partial charge in [0.25, 0.3) is 10.0 Å². The van der Waals surface area contributed by atoms with Crippen molar-refractivity contribution in [1.82, 2.24) is 14.3 Å². The van der Waals surface area contributed by atoms with Gasteiger partial charge in [0.15, 0.2) is 0 Å². The minimum Gasteiger partial charge on any atom is -0.252 e. The molecule has 1 aromatic carbocycles. The number of carbonyl (C=O) groups excluding carboxylic acids is 1. The standard InChI is InChI=1S/C14H9Cl2N3O3S/c15-9-1-3-10(4-2-9)23(21,22)18-14(20)19-8-6-11-12(16)5-7-17-13(11)19/h1-8H,(H,18,20). The number of sulfonamides is 1. The van der Waals surface area contributed by atoms with Gasteiger partial charge in [-0.05, 0) is 36.4 Å². The van der Waals surface area contributed by atoms with Crippen molar-refractivity contribution in [1.29, 1.82) is 0 Å². The van der Waals surface area contributed by atoms with Crippen LogP contribution >= 0.6 is 23.2 Å². The van der Waals surface area contributed by atoms with Crippen LogP contribution in [0.5, 0.6) is 0 Å². The molecular weight excluding hydrogens is 361 g/mol. The number of fused-ring (bicyclic) bond motifs is 1. The van der Waals surface area contributed by atoms with E-state index >= 15 is 0 Å². The van der Waals surface area contributed by atoms with Gasteiger partial charge in [0, 0.05) is 22.8 Å². The van der Waals surface area contributed by atoms with Crippen molar-refractivity contribution in [3.63, 3.8) is 0 Å². The first-order chi connectivity index (χ1) is 10.9. The van der Waals surface area contributed by atoms with E-state index in [1.807, 2.05) is 4.72 Å². The highest BCUT2D eigenvalue weighted by Gasteiger charge is 2.20. The fourth-order valence-electron chi connectivity index (χ4n) is 2.01. The largest absolute Gasteiger partial charge is 0.341 e. The summed E-state index contributed by atoms with van der Waals surface area (Å²) in [6, 6.07) is 7.77. The minimum absolute atomic E-state index is 0.0716. The predicted octanol–water partition coefficient (Wildman–Crippen LogP) is 3.29. The molecule has 2 aromatic heterocycles. The van der Waals surface area contributed by atoms with Crippen LogP contribution in [-0.4, -0.2) is 24.0 Å². The van der Waals surface area contributed by atoms with E-state index in [-0.39, 0.29) is 10.5 Å². The van der Waals surface area contributed by atoms with E-state index in [9.17, 15) is 13.2 Å². The maximum Gasteiger partial charge on any atom is 0.341 e. The third kappa shape index (κ3) is 3.03. The van der Waals surface area contributed by atoms with Gasteiger partial charge in [0.2, 0.25) is 0 Å². The number of carbonyl (C=O) groups is 1. The average molecular weight is 370 g/mol. The van der Waals surface area contributed by atoms with Gasteiger partial charge in [0.1, 0.15) is 5.65 Å². The molecule has 0 aliphatic carbocycles. The van der Waals surface area contributed by atoms with E-state index in [0.29, 0.717) is 15.4 Å². The monoisotopic (exact) mass is 369 g/mol. The van der Waals surface area contributed by atoms with Gasteiger partial charge in [-0.1, -0.05) is 23.2 Å². The molecule has 0 atom stereocenters. The molecule has 118 valence electrons. The molecule has 0 unspecified atom stereocenters. The molecule has 0 spiro atoms. The third-order valence-electron chi connectivity index (χ3n) is 3.10. The lowest BCUT2D eigenvalue weighted by Crippen LogP contribution is -2.33. The van der Waals surface area contributed by atoms with Crippen molar-refractivity contribution in [2.45, 2.75) is 4.90 Å². The summed E-state index contributed by atoms with van der Waals surface area (Å²) in [7, 11) is -4.02. The Balaban J connectivity index is 1.94. The van der Waals surface area contributed by atoms with Crippen LogP contribution in [0.1, 0.15) is 0 Å². The van der Waals surface area contributed by atoms with E-state index in [1.54, 1.807) is 12.1 Å². The van der Waals surface area contributed by atoms with Crippen molar-refractivity contribution in [2.24, 2.45) is 0 Å². The number of hydrogen-bond donors (Lipinski definition) is 1. The molecule has 0 fully saturated rings. The van der Waals surface area contributed by atoms with Gasteiger partial charge in [-0.3, -0.25) is 4.57 Å². The highest BCUT2D eigenvalue weighted by molar-refractivity contribution is 7.90. The number of halogens is 2. The van der Waals surface area contributed by atoms with E-state index < -0.39 is 16.1 Å². The molecule has 0 saturated heterocycles. The molecule has 1 amide bonds. The summed E-state index contributed by atoms with van der Waals surface area (Å²) in [4.78, 5) is 16.2. The zero-order valence-corrected chi connectivity index (χ0v) is 13.7. The summed E-state index contributed by atoms with van der Waals surface area (Å²) in [5, 5.41) is 1.36. The first-order valence-electron chi connectivity index (χ1n) is 6.33. The molecular formula is C14H9Cl2N3O3S. The van der Waals surface area contributed by atoms with Crippen molar-refractivity contribution in [3.05, 3.63) is 58.8 Å². The molecule has 2 heterocycles. The highest BCUT2D eigenvalue weighted by Crippen LogP contribution is 2.22. The molecule has 0 aliphatic rings. The molecule has 9 heteroatoms. The fraction of sp³-hybridized carbons (Fsp3) is 0. The number of aromatic nitrogens is 2. The summed E-state index contributed by atoms with van der Waals surface area (Å²) in [5.41, 5.74) is 0.265. The van der Waals surface area contributed by atoms with Crippen molar-refractivity contribution < 1.29 is 13.2 Å². The van der Waals surface area contributed by atoms with Gasteiger partial charge in [0.05, 0.1) is 9.92 Å². The summed E-state index contributed by atoms with van der Waals surface area (Å²) >= 11 is 11.7. The third-order valence-corrected chi connectivity index (χ3v) is 5.02. The number of pyridine rings is 1. The van der Waals surface area contributed by atoms with E-state index in [2.05, 4.69) is 4.98 Å². The van der Waals surface area contributed by atoms with Crippen LogP contribution in [0.2, 0.25) is 10.0 Å². The zero-order valence-electron chi connectivity index (χ0n) is 11.4. The Labute approximate surface area is 141 Å². The van der Waals surface area contributed by atoms with Crippen LogP contribution in [0.15, 0.2) is 53.7 Å². The van der Waals surface area contributed by atoms with Crippen LogP contribution in [0.4, 0.5) is 4.79 Å². The van der Waals surface area contributed by atoms with Crippen molar-refractivity contribution in [3.8, 4) is 0 Å². The molecule has 3 aromatic rings. The Kier molecular flexibility index (Phi) is 4.01. The maximum absolute atomic E-state index is 12.3. The molecule has 6 nitrogen and oxygen atoms in total. The van der Waals surface area contributed by atoms with Crippen LogP contribution in [-0.2, 0) is 10.0 Å². The number of hydrogen-bond acceptors (Lipinski definition) is 4. The van der Waals surface area contributed by atoms with E-state index in [4.69, 9.17) is 23.2 Å². The molecule has 0 aliphatic heterocycles. The average Bonchev–Trinajstić information content (AvgIpc) is 2.93. The van der Waals surface area contributed by atoms with Crippen LogP contribution in [0.25, 0.3) is 11.0 Å². The number of rotatable bonds is 2. The molecule has 0 saturated carbocycles. The molecule has 3 rings (SSSR count). The molecule has 23 heavy (non-hydrogen) atoms. The smallest absolute Gasteiger partial charge is 0.252 e. The predicted molar refractivity (Wildman–Crippen MR) is 87.3 cm³/mol. The quantitative estimate of drug-likeness (QED) is 0.751. The second-order valence-corrected chi connectivity index (χ2v) is 7.11. The lowest BCUT2D eigenvalue weighted by molar-refractivity contribution is 0.248. The number of nitrogens with zero attached hydrogens (tertiary/aromatic N) is 2. The van der Waals surface area contributed by atoms with Gasteiger partial charge in [-0.2, -0.15) is 0 Å². The Morgan fingerprint density at radius 3 is 2.48 bits per heavy atom. The number of nitrogens with one attached hydrogen (secondary N) is 1. The first-order valence-corrected chi connectivity index (χ1v) is 8.57. The number of amides is 1. The molecule has 0 bridgehead atoms. The molecule has 1 N–H and O–H groups in total. The fourth-order valence-corrected chi connectivity index (χ4v) is 3.28. The van der Waals surface area contributed by atoms with Gasteiger partial charge < -0.3 is 0 Å². The first kappa shape index (κ1) is 15.8. The topological polar surface area (TPSA) is 81.1 Å². The second-order valence-electron chi connectivity index (χ2n) is 4.58. The lowest BCUT2D eigenvalue weighted by atomic mass is 10.3. The Morgan fingerprint density at radius 1 is 1.09 bits per heavy atom. The van der Waals surface area contributed by atoms with Crippen LogP contribution < -0.4 is 4.72 Å². The van der Waals surface area contributed by atoms with Crippen molar-refractivity contribution in [2.75, 3.05) is 0 Å². The lowest BCUT2D eigenvalue weighted by Gasteiger charge is -2.08. The summed E-state index contributed by atoms with van der Waals surface area (Å²) in [6.45, 7) is 0. The maximum atomic E-state index is 12.3.